The van der Waals surface area contributed by atoms with Gasteiger partial charge in [0.25, 0.3) is 0 Å². The molecule has 0 aliphatic rings. The van der Waals surface area contributed by atoms with Crippen LogP contribution in [0.25, 0.3) is 11.2 Å². The Kier molecular flexibility index (Phi) is 2.46. The zero-order chi connectivity index (χ0) is 10.8. The standard InChI is InChI=1S/C8H10FN5O/c9-5(2-15)1-14-4-13-6-7(10)11-3-12-8(6)14/h3-5,15H,1-2H2,(H2,10,11,12). The van der Waals surface area contributed by atoms with Gasteiger partial charge in [0, 0.05) is 0 Å². The molecular formula is C8H10FN5O. The first-order valence-corrected chi connectivity index (χ1v) is 4.38. The summed E-state index contributed by atoms with van der Waals surface area (Å²) in [5, 5.41) is 8.59. The molecule has 0 bridgehead atoms. The summed E-state index contributed by atoms with van der Waals surface area (Å²) in [6.07, 6.45) is 1.39. The van der Waals surface area contributed by atoms with Gasteiger partial charge in [-0.3, -0.25) is 0 Å². The molecule has 0 amide bonds. The Morgan fingerprint density at radius 2 is 2.27 bits per heavy atom. The van der Waals surface area contributed by atoms with Gasteiger partial charge in [-0.25, -0.2) is 19.3 Å². The number of aliphatic hydroxyl groups excluding tert-OH is 1. The molecule has 0 spiro atoms. The number of aliphatic hydroxyl groups is 1. The van der Waals surface area contributed by atoms with Crippen molar-refractivity contribution in [2.45, 2.75) is 12.7 Å². The number of anilines is 1. The Morgan fingerprint density at radius 1 is 1.47 bits per heavy atom. The maximum Gasteiger partial charge on any atom is 0.165 e. The van der Waals surface area contributed by atoms with Crippen molar-refractivity contribution in [1.29, 1.82) is 0 Å². The Balaban J connectivity index is 2.41. The van der Waals surface area contributed by atoms with Crippen molar-refractivity contribution >= 4 is 17.0 Å². The zero-order valence-corrected chi connectivity index (χ0v) is 7.84. The summed E-state index contributed by atoms with van der Waals surface area (Å²) in [6.45, 7) is -0.524. The van der Waals surface area contributed by atoms with E-state index < -0.39 is 12.8 Å². The number of hydrogen-bond acceptors (Lipinski definition) is 5. The van der Waals surface area contributed by atoms with E-state index in [9.17, 15) is 4.39 Å². The molecule has 80 valence electrons. The van der Waals surface area contributed by atoms with Crippen molar-refractivity contribution in [3.63, 3.8) is 0 Å². The van der Waals surface area contributed by atoms with Crippen molar-refractivity contribution in [2.75, 3.05) is 12.3 Å². The maximum absolute atomic E-state index is 13.0. The molecule has 1 atom stereocenters. The lowest BCUT2D eigenvalue weighted by Gasteiger charge is -2.05. The smallest absolute Gasteiger partial charge is 0.165 e. The number of aromatic nitrogens is 4. The number of nitrogen functional groups attached to an aromatic ring is 1. The normalized spacial score (nSPS) is 13.2. The lowest BCUT2D eigenvalue weighted by molar-refractivity contribution is 0.163. The Hall–Kier alpha value is -1.76. The molecule has 2 aromatic heterocycles. The highest BCUT2D eigenvalue weighted by Gasteiger charge is 2.11. The Bertz CT molecular complexity index is 471. The van der Waals surface area contributed by atoms with Gasteiger partial charge in [-0.2, -0.15) is 0 Å². The van der Waals surface area contributed by atoms with Crippen LogP contribution in [0, 0.1) is 0 Å². The van der Waals surface area contributed by atoms with E-state index in [0.29, 0.717) is 11.2 Å². The second kappa shape index (κ2) is 3.77. The lowest BCUT2D eigenvalue weighted by Crippen LogP contribution is -2.15. The summed E-state index contributed by atoms with van der Waals surface area (Å²) < 4.78 is 14.4. The highest BCUT2D eigenvalue weighted by atomic mass is 19.1. The molecule has 15 heavy (non-hydrogen) atoms. The minimum atomic E-state index is -1.33. The molecule has 0 aliphatic carbocycles. The van der Waals surface area contributed by atoms with Crippen LogP contribution in [-0.4, -0.2) is 37.4 Å². The van der Waals surface area contributed by atoms with E-state index in [-0.39, 0.29) is 12.4 Å². The van der Waals surface area contributed by atoms with Crippen LogP contribution < -0.4 is 5.73 Å². The van der Waals surface area contributed by atoms with Crippen LogP contribution in [0.3, 0.4) is 0 Å². The molecule has 0 fully saturated rings. The molecular weight excluding hydrogens is 201 g/mol. The van der Waals surface area contributed by atoms with Crippen molar-refractivity contribution in [3.8, 4) is 0 Å². The molecule has 0 saturated heterocycles. The Morgan fingerprint density at radius 3 is 3.00 bits per heavy atom. The number of fused-ring (bicyclic) bond motifs is 1. The van der Waals surface area contributed by atoms with Gasteiger partial charge < -0.3 is 15.4 Å². The summed E-state index contributed by atoms with van der Waals surface area (Å²) >= 11 is 0. The van der Waals surface area contributed by atoms with Gasteiger partial charge in [-0.1, -0.05) is 0 Å². The largest absolute Gasteiger partial charge is 0.393 e. The summed E-state index contributed by atoms with van der Waals surface area (Å²) in [7, 11) is 0. The molecule has 2 aromatic rings. The molecule has 0 aromatic carbocycles. The highest BCUT2D eigenvalue weighted by Crippen LogP contribution is 2.14. The molecule has 1 unspecified atom stereocenters. The third kappa shape index (κ3) is 1.73. The molecule has 7 heteroatoms. The van der Waals surface area contributed by atoms with Crippen LogP contribution in [0.1, 0.15) is 0 Å². The van der Waals surface area contributed by atoms with E-state index in [0.717, 1.165) is 0 Å². The van der Waals surface area contributed by atoms with Crippen LogP contribution in [0.4, 0.5) is 10.2 Å². The number of nitrogens with two attached hydrogens (primary N) is 1. The van der Waals surface area contributed by atoms with Crippen molar-refractivity contribution in [2.24, 2.45) is 0 Å². The zero-order valence-electron chi connectivity index (χ0n) is 7.84. The van der Waals surface area contributed by atoms with Crippen LogP contribution in [0.2, 0.25) is 0 Å². The summed E-state index contributed by atoms with van der Waals surface area (Å²) in [5.41, 5.74) is 6.48. The van der Waals surface area contributed by atoms with E-state index in [1.54, 1.807) is 0 Å². The van der Waals surface area contributed by atoms with Gasteiger partial charge >= 0.3 is 0 Å². The molecule has 0 aliphatic heterocycles. The van der Waals surface area contributed by atoms with E-state index >= 15 is 0 Å². The third-order valence-electron chi connectivity index (χ3n) is 2.02. The minimum absolute atomic E-state index is 0.00343. The Labute approximate surface area is 84.6 Å². The fraction of sp³-hybridized carbons (Fsp3) is 0.375. The number of imidazole rings is 1. The third-order valence-corrected chi connectivity index (χ3v) is 2.02. The van der Waals surface area contributed by atoms with Gasteiger partial charge in [0.1, 0.15) is 18.0 Å². The van der Waals surface area contributed by atoms with Gasteiger partial charge in [-0.15, -0.1) is 0 Å². The van der Waals surface area contributed by atoms with E-state index in [1.807, 2.05) is 0 Å². The molecule has 0 saturated carbocycles. The fourth-order valence-electron chi connectivity index (χ4n) is 1.30. The summed E-state index contributed by atoms with van der Waals surface area (Å²) in [6, 6.07) is 0. The molecule has 0 radical (unpaired) electrons. The molecule has 6 nitrogen and oxygen atoms in total. The summed E-state index contributed by atoms with van der Waals surface area (Å²) in [5.74, 6) is 0.262. The molecule has 2 rings (SSSR count). The van der Waals surface area contributed by atoms with Crippen LogP contribution in [0.15, 0.2) is 12.7 Å². The monoisotopic (exact) mass is 211 g/mol. The number of nitrogens with zero attached hydrogens (tertiary/aromatic N) is 4. The number of hydrogen-bond donors (Lipinski definition) is 2. The average Bonchev–Trinajstić information content (AvgIpc) is 2.63. The quantitative estimate of drug-likeness (QED) is 0.730. The van der Waals surface area contributed by atoms with Crippen LogP contribution >= 0.6 is 0 Å². The van der Waals surface area contributed by atoms with E-state index in [2.05, 4.69) is 15.0 Å². The van der Waals surface area contributed by atoms with Crippen molar-refractivity contribution < 1.29 is 9.50 Å². The molecule has 2 heterocycles. The predicted molar refractivity (Wildman–Crippen MR) is 51.7 cm³/mol. The minimum Gasteiger partial charge on any atom is -0.393 e. The maximum atomic E-state index is 13.0. The van der Waals surface area contributed by atoms with E-state index in [4.69, 9.17) is 10.8 Å². The number of alkyl halides is 1. The van der Waals surface area contributed by atoms with E-state index in [1.165, 1.54) is 17.2 Å². The average molecular weight is 211 g/mol. The first-order chi connectivity index (χ1) is 7.22. The van der Waals surface area contributed by atoms with Gasteiger partial charge in [-0.05, 0) is 0 Å². The number of rotatable bonds is 3. The van der Waals surface area contributed by atoms with Crippen LogP contribution in [-0.2, 0) is 6.54 Å². The first-order valence-electron chi connectivity index (χ1n) is 4.38. The van der Waals surface area contributed by atoms with Crippen molar-refractivity contribution in [1.82, 2.24) is 19.5 Å². The second-order valence-corrected chi connectivity index (χ2v) is 3.11. The van der Waals surface area contributed by atoms with Gasteiger partial charge in [0.05, 0.1) is 19.5 Å². The van der Waals surface area contributed by atoms with Gasteiger partial charge in [0.2, 0.25) is 0 Å². The predicted octanol–water partition coefficient (Wildman–Crippen LogP) is -0.261. The summed E-state index contributed by atoms with van der Waals surface area (Å²) in [4.78, 5) is 11.7. The lowest BCUT2D eigenvalue weighted by atomic mass is 10.4. The van der Waals surface area contributed by atoms with Crippen molar-refractivity contribution in [3.05, 3.63) is 12.7 Å². The van der Waals surface area contributed by atoms with Crippen LogP contribution in [0.5, 0.6) is 0 Å². The highest BCUT2D eigenvalue weighted by molar-refractivity contribution is 5.81. The SMILES string of the molecule is Nc1ncnc2c1ncn2CC(F)CO. The molecule has 3 N–H and O–H groups in total. The first kappa shape index (κ1) is 9.78. The second-order valence-electron chi connectivity index (χ2n) is 3.11. The fourth-order valence-corrected chi connectivity index (χ4v) is 1.30. The number of halogens is 1. The van der Waals surface area contributed by atoms with Gasteiger partial charge in [0.15, 0.2) is 11.5 Å². The topological polar surface area (TPSA) is 89.9 Å².